The summed E-state index contributed by atoms with van der Waals surface area (Å²) in [6.07, 6.45) is -3.22. The van der Waals surface area contributed by atoms with E-state index in [-0.39, 0.29) is 23.9 Å². The third-order valence-corrected chi connectivity index (χ3v) is 4.89. The molecule has 0 saturated carbocycles. The second-order valence-corrected chi connectivity index (χ2v) is 7.99. The Morgan fingerprint density at radius 1 is 1.00 bits per heavy atom. The van der Waals surface area contributed by atoms with Crippen molar-refractivity contribution in [3.8, 4) is 17.2 Å². The number of nitrogens with one attached hydrogen (secondary N) is 3. The largest absolute Gasteiger partial charge is 0.489 e. The number of nitrogens with zero attached hydrogens (tertiary/aromatic N) is 2. The van der Waals surface area contributed by atoms with Crippen LogP contribution < -0.4 is 25.4 Å². The van der Waals surface area contributed by atoms with Crippen molar-refractivity contribution in [3.63, 3.8) is 0 Å². The number of benzene rings is 2. The first-order chi connectivity index (χ1) is 17.6. The molecule has 0 aliphatic heterocycles. The Balaban J connectivity index is 1.68. The van der Waals surface area contributed by atoms with Crippen LogP contribution >= 0.6 is 0 Å². The van der Waals surface area contributed by atoms with Crippen molar-refractivity contribution >= 4 is 23.3 Å². The van der Waals surface area contributed by atoms with Gasteiger partial charge in [0.05, 0.1) is 11.3 Å². The van der Waals surface area contributed by atoms with Crippen LogP contribution in [0, 0.1) is 0 Å². The van der Waals surface area contributed by atoms with Gasteiger partial charge < -0.3 is 30.3 Å². The number of aromatic nitrogens is 1. The second-order valence-electron chi connectivity index (χ2n) is 7.99. The van der Waals surface area contributed by atoms with E-state index in [0.717, 1.165) is 6.07 Å². The lowest BCUT2D eigenvalue weighted by molar-refractivity contribution is -0.138. The highest BCUT2D eigenvalue weighted by Gasteiger charge is 2.35. The van der Waals surface area contributed by atoms with E-state index < -0.39 is 23.5 Å². The third-order valence-electron chi connectivity index (χ3n) is 4.89. The topological polar surface area (TPSA) is 105 Å². The first-order valence-electron chi connectivity index (χ1n) is 11.1. The zero-order chi connectivity index (χ0) is 27.0. The Morgan fingerprint density at radius 2 is 1.73 bits per heavy atom. The highest BCUT2D eigenvalue weighted by atomic mass is 19.4. The standard InChI is InChI=1S/C25H26F3N5O4/c1-29-23(34)21-15-18(11-12-30-21)37-17-9-7-16(8-10-17)31-24(35)32-20-6-4-5-19(25(26,27)28)22(20)36-14-13-33(2)3/h4-12,15H,13-14H2,1-3H3,(H,29,34)(H2,31,32,35). The van der Waals surface area contributed by atoms with Crippen molar-refractivity contribution in [1.82, 2.24) is 15.2 Å². The average Bonchev–Trinajstić information content (AvgIpc) is 2.85. The molecule has 3 N–H and O–H groups in total. The molecule has 12 heteroatoms. The Kier molecular flexibility index (Phi) is 8.90. The minimum Gasteiger partial charge on any atom is -0.489 e. The van der Waals surface area contributed by atoms with E-state index in [1.54, 1.807) is 49.3 Å². The minimum absolute atomic E-state index is 0.0000580. The van der Waals surface area contributed by atoms with E-state index in [0.29, 0.717) is 23.7 Å². The summed E-state index contributed by atoms with van der Waals surface area (Å²) in [6, 6.07) is 12.0. The lowest BCUT2D eigenvalue weighted by Crippen LogP contribution is -2.23. The molecule has 3 aromatic rings. The van der Waals surface area contributed by atoms with Gasteiger partial charge in [-0.05, 0) is 56.6 Å². The summed E-state index contributed by atoms with van der Waals surface area (Å²) in [5.41, 5.74) is -0.542. The van der Waals surface area contributed by atoms with E-state index >= 15 is 0 Å². The van der Waals surface area contributed by atoms with Gasteiger partial charge in [0.15, 0.2) is 5.75 Å². The first-order valence-corrected chi connectivity index (χ1v) is 11.1. The molecule has 9 nitrogen and oxygen atoms in total. The van der Waals surface area contributed by atoms with Gasteiger partial charge >= 0.3 is 12.2 Å². The van der Waals surface area contributed by atoms with Crippen LogP contribution in [-0.4, -0.2) is 56.1 Å². The Hall–Kier alpha value is -4.32. The van der Waals surface area contributed by atoms with Crippen molar-refractivity contribution in [2.75, 3.05) is 44.9 Å². The first kappa shape index (κ1) is 27.3. The molecule has 1 heterocycles. The fourth-order valence-corrected chi connectivity index (χ4v) is 3.10. The minimum atomic E-state index is -4.66. The number of anilines is 2. The number of alkyl halides is 3. The number of rotatable bonds is 9. The van der Waals surface area contributed by atoms with Crippen LogP contribution in [0.5, 0.6) is 17.2 Å². The van der Waals surface area contributed by atoms with Gasteiger partial charge in [-0.1, -0.05) is 6.07 Å². The number of ether oxygens (including phenoxy) is 2. The molecule has 0 aliphatic carbocycles. The Morgan fingerprint density at radius 3 is 2.38 bits per heavy atom. The van der Waals surface area contributed by atoms with Crippen molar-refractivity contribution in [1.29, 1.82) is 0 Å². The normalized spacial score (nSPS) is 11.1. The lowest BCUT2D eigenvalue weighted by Gasteiger charge is -2.19. The summed E-state index contributed by atoms with van der Waals surface area (Å²) in [5, 5.41) is 7.46. The Labute approximate surface area is 211 Å². The number of likely N-dealkylation sites (N-methyl/N-ethyl adjacent to an activating group) is 1. The monoisotopic (exact) mass is 517 g/mol. The zero-order valence-electron chi connectivity index (χ0n) is 20.3. The van der Waals surface area contributed by atoms with Crippen LogP contribution in [0.1, 0.15) is 16.1 Å². The third kappa shape index (κ3) is 7.84. The predicted octanol–water partition coefficient (Wildman–Crippen LogP) is 4.84. The van der Waals surface area contributed by atoms with E-state index in [2.05, 4.69) is 20.9 Å². The van der Waals surface area contributed by atoms with Crippen molar-refractivity contribution < 1.29 is 32.2 Å². The molecule has 1 aromatic heterocycles. The van der Waals surface area contributed by atoms with Crippen LogP contribution in [0.4, 0.5) is 29.3 Å². The SMILES string of the molecule is CNC(=O)c1cc(Oc2ccc(NC(=O)Nc3cccc(C(F)(F)F)c3OCCN(C)C)cc2)ccn1. The van der Waals surface area contributed by atoms with Crippen LogP contribution in [0.3, 0.4) is 0 Å². The summed E-state index contributed by atoms with van der Waals surface area (Å²) < 4.78 is 51.7. The quantitative estimate of drug-likeness (QED) is 0.375. The maximum atomic E-state index is 13.5. The number of urea groups is 1. The number of hydrogen-bond acceptors (Lipinski definition) is 6. The second kappa shape index (κ2) is 12.1. The van der Waals surface area contributed by atoms with Gasteiger partial charge in [-0.15, -0.1) is 0 Å². The summed E-state index contributed by atoms with van der Waals surface area (Å²) >= 11 is 0. The Bertz CT molecular complexity index is 1230. The number of carbonyl (C=O) groups is 2. The van der Waals surface area contributed by atoms with E-state index in [4.69, 9.17) is 9.47 Å². The number of pyridine rings is 1. The lowest BCUT2D eigenvalue weighted by atomic mass is 10.1. The smallest absolute Gasteiger partial charge is 0.420 e. The molecule has 2 aromatic carbocycles. The molecular formula is C25H26F3N5O4. The molecule has 0 aliphatic rings. The van der Waals surface area contributed by atoms with Crippen LogP contribution in [0.2, 0.25) is 0 Å². The van der Waals surface area contributed by atoms with Gasteiger partial charge in [0.25, 0.3) is 5.91 Å². The molecule has 0 fully saturated rings. The van der Waals surface area contributed by atoms with Gasteiger partial charge in [0.2, 0.25) is 0 Å². The highest BCUT2D eigenvalue weighted by molar-refractivity contribution is 6.00. The maximum absolute atomic E-state index is 13.5. The molecule has 0 bridgehead atoms. The highest BCUT2D eigenvalue weighted by Crippen LogP contribution is 2.40. The number of halogens is 3. The molecule has 3 rings (SSSR count). The molecule has 0 radical (unpaired) electrons. The summed E-state index contributed by atoms with van der Waals surface area (Å²) in [4.78, 5) is 30.0. The number of para-hydroxylation sites is 1. The molecule has 0 unspecified atom stereocenters. The van der Waals surface area contributed by atoms with Gasteiger partial charge in [0.1, 0.15) is 23.8 Å². The van der Waals surface area contributed by atoms with E-state index in [1.165, 1.54) is 31.4 Å². The van der Waals surface area contributed by atoms with Crippen molar-refractivity contribution in [2.45, 2.75) is 6.18 Å². The fourth-order valence-electron chi connectivity index (χ4n) is 3.10. The van der Waals surface area contributed by atoms with Crippen molar-refractivity contribution in [3.05, 3.63) is 72.1 Å². The van der Waals surface area contributed by atoms with Gasteiger partial charge in [-0.3, -0.25) is 9.78 Å². The van der Waals surface area contributed by atoms with Gasteiger partial charge in [0, 0.05) is 31.5 Å². The van der Waals surface area contributed by atoms with Gasteiger partial charge in [-0.25, -0.2) is 4.79 Å². The van der Waals surface area contributed by atoms with Gasteiger partial charge in [-0.2, -0.15) is 13.2 Å². The van der Waals surface area contributed by atoms with Crippen molar-refractivity contribution in [2.24, 2.45) is 0 Å². The predicted molar refractivity (Wildman–Crippen MR) is 132 cm³/mol. The number of amides is 3. The molecule has 196 valence electrons. The molecule has 0 spiro atoms. The summed E-state index contributed by atoms with van der Waals surface area (Å²) in [5.74, 6) is 0.000118. The molecule has 3 amide bonds. The molecular weight excluding hydrogens is 491 g/mol. The molecule has 0 atom stereocenters. The van der Waals surface area contributed by atoms with Crippen LogP contribution in [0.25, 0.3) is 0 Å². The summed E-state index contributed by atoms with van der Waals surface area (Å²) in [7, 11) is 5.02. The van der Waals surface area contributed by atoms with E-state index in [9.17, 15) is 22.8 Å². The van der Waals surface area contributed by atoms with Crippen LogP contribution in [-0.2, 0) is 6.18 Å². The van der Waals surface area contributed by atoms with E-state index in [1.807, 2.05) is 0 Å². The molecule has 0 saturated heterocycles. The average molecular weight is 518 g/mol. The maximum Gasteiger partial charge on any atom is 0.420 e. The molecule has 37 heavy (non-hydrogen) atoms. The number of hydrogen-bond donors (Lipinski definition) is 3. The number of carbonyl (C=O) groups excluding carboxylic acids is 2. The fraction of sp³-hybridized carbons (Fsp3) is 0.240. The van der Waals surface area contributed by atoms with Crippen LogP contribution in [0.15, 0.2) is 60.8 Å². The summed E-state index contributed by atoms with van der Waals surface area (Å²) in [6.45, 7) is 0.388. The zero-order valence-corrected chi connectivity index (χ0v) is 20.3.